The number of piperidine rings is 1. The van der Waals surface area contributed by atoms with Crippen molar-refractivity contribution in [1.82, 2.24) is 15.1 Å². The summed E-state index contributed by atoms with van der Waals surface area (Å²) >= 11 is 0. The molecule has 4 nitrogen and oxygen atoms in total. The molecular weight excluding hydrogens is 285 g/mol. The van der Waals surface area contributed by atoms with Crippen molar-refractivity contribution in [2.45, 2.75) is 32.7 Å². The molecule has 2 saturated heterocycles. The largest absolute Gasteiger partial charge is 0.340 e. The monoisotopic (exact) mass is 311 g/mol. The minimum absolute atomic E-state index is 0. The number of piperazine rings is 1. The van der Waals surface area contributed by atoms with Gasteiger partial charge in [-0.3, -0.25) is 9.69 Å². The molecule has 6 heteroatoms. The van der Waals surface area contributed by atoms with E-state index >= 15 is 0 Å². The maximum Gasteiger partial charge on any atom is 0.225 e. The molecule has 114 valence electrons. The highest BCUT2D eigenvalue weighted by Gasteiger charge is 2.28. The summed E-state index contributed by atoms with van der Waals surface area (Å²) in [4.78, 5) is 16.8. The Balaban J connectivity index is 0.00000162. The first-order chi connectivity index (χ1) is 8.18. The Morgan fingerprint density at radius 3 is 2.05 bits per heavy atom. The molecule has 0 aliphatic carbocycles. The lowest BCUT2D eigenvalue weighted by atomic mass is 9.96. The molecule has 0 unspecified atom stereocenters. The molecule has 0 spiro atoms. The van der Waals surface area contributed by atoms with Crippen LogP contribution < -0.4 is 5.32 Å². The summed E-state index contributed by atoms with van der Waals surface area (Å²) in [5.41, 5.74) is 0. The van der Waals surface area contributed by atoms with Crippen molar-refractivity contribution >= 4 is 30.7 Å². The number of carbonyl (C=O) groups excluding carboxylic acids is 1. The summed E-state index contributed by atoms with van der Waals surface area (Å²) in [6.45, 7) is 10.4. The van der Waals surface area contributed by atoms with Crippen LogP contribution in [0, 0.1) is 5.92 Å². The summed E-state index contributed by atoms with van der Waals surface area (Å²) in [7, 11) is 0. The van der Waals surface area contributed by atoms with Gasteiger partial charge in [0.25, 0.3) is 0 Å². The van der Waals surface area contributed by atoms with E-state index in [0.29, 0.717) is 11.9 Å². The quantitative estimate of drug-likeness (QED) is 0.837. The lowest BCUT2D eigenvalue weighted by Crippen LogP contribution is -2.52. The van der Waals surface area contributed by atoms with Gasteiger partial charge in [0.15, 0.2) is 0 Å². The van der Waals surface area contributed by atoms with E-state index in [-0.39, 0.29) is 30.7 Å². The van der Waals surface area contributed by atoms with Crippen molar-refractivity contribution in [1.29, 1.82) is 0 Å². The van der Waals surface area contributed by atoms with Crippen LogP contribution in [0.15, 0.2) is 0 Å². The highest BCUT2D eigenvalue weighted by atomic mass is 35.5. The predicted molar refractivity (Wildman–Crippen MR) is 83.4 cm³/mol. The van der Waals surface area contributed by atoms with E-state index in [9.17, 15) is 4.79 Å². The summed E-state index contributed by atoms with van der Waals surface area (Å²) < 4.78 is 0. The van der Waals surface area contributed by atoms with E-state index in [4.69, 9.17) is 0 Å². The summed E-state index contributed by atoms with van der Waals surface area (Å²) in [5.74, 6) is 0.678. The van der Waals surface area contributed by atoms with Crippen LogP contribution in [0.25, 0.3) is 0 Å². The van der Waals surface area contributed by atoms with Gasteiger partial charge in [-0.15, -0.1) is 24.8 Å². The molecule has 0 bridgehead atoms. The number of nitrogens with zero attached hydrogens (tertiary/aromatic N) is 2. The highest BCUT2D eigenvalue weighted by Crippen LogP contribution is 2.17. The molecule has 2 rings (SSSR count). The second-order valence-corrected chi connectivity index (χ2v) is 5.48. The van der Waals surface area contributed by atoms with E-state index in [2.05, 4.69) is 29.0 Å². The Bertz CT molecular complexity index is 263. The molecule has 19 heavy (non-hydrogen) atoms. The average Bonchev–Trinajstić information content (AvgIpc) is 2.39. The average molecular weight is 312 g/mol. The van der Waals surface area contributed by atoms with E-state index in [1.807, 2.05) is 0 Å². The van der Waals surface area contributed by atoms with Gasteiger partial charge >= 0.3 is 0 Å². The SMILES string of the molecule is CC(C)N1CCN(C(=O)C2CCNCC2)CC1.Cl.Cl. The Hall–Kier alpha value is -0.0300. The Morgan fingerprint density at radius 2 is 1.58 bits per heavy atom. The van der Waals surface area contributed by atoms with Gasteiger partial charge in [0.2, 0.25) is 5.91 Å². The minimum atomic E-state index is 0. The van der Waals surface area contributed by atoms with Crippen molar-refractivity contribution < 1.29 is 4.79 Å². The van der Waals surface area contributed by atoms with Gasteiger partial charge in [0.05, 0.1) is 0 Å². The van der Waals surface area contributed by atoms with Gasteiger partial charge in [0.1, 0.15) is 0 Å². The van der Waals surface area contributed by atoms with Crippen molar-refractivity contribution in [2.75, 3.05) is 39.3 Å². The van der Waals surface area contributed by atoms with Crippen LogP contribution >= 0.6 is 24.8 Å². The number of halogens is 2. The first-order valence-corrected chi connectivity index (χ1v) is 6.92. The van der Waals surface area contributed by atoms with Crippen LogP contribution in [0.4, 0.5) is 0 Å². The number of rotatable bonds is 2. The predicted octanol–water partition coefficient (Wildman–Crippen LogP) is 1.38. The maximum atomic E-state index is 12.3. The minimum Gasteiger partial charge on any atom is -0.340 e. The smallest absolute Gasteiger partial charge is 0.225 e. The van der Waals surface area contributed by atoms with Crippen LogP contribution in [0.3, 0.4) is 0 Å². The third-order valence-corrected chi connectivity index (χ3v) is 4.04. The molecule has 0 radical (unpaired) electrons. The molecule has 1 amide bonds. The molecule has 2 aliphatic rings. The maximum absolute atomic E-state index is 12.3. The van der Waals surface area contributed by atoms with Gasteiger partial charge in [-0.05, 0) is 39.8 Å². The van der Waals surface area contributed by atoms with Crippen LogP contribution in [0.2, 0.25) is 0 Å². The highest BCUT2D eigenvalue weighted by molar-refractivity contribution is 5.85. The fourth-order valence-electron chi connectivity index (χ4n) is 2.79. The van der Waals surface area contributed by atoms with Crippen molar-refractivity contribution in [3.8, 4) is 0 Å². The summed E-state index contributed by atoms with van der Waals surface area (Å²) in [5, 5.41) is 3.32. The van der Waals surface area contributed by atoms with E-state index in [1.165, 1.54) is 0 Å². The summed E-state index contributed by atoms with van der Waals surface area (Å²) in [6, 6.07) is 0.603. The zero-order valence-electron chi connectivity index (χ0n) is 11.9. The Kier molecular flexibility index (Phi) is 8.99. The van der Waals surface area contributed by atoms with E-state index in [1.54, 1.807) is 0 Å². The molecule has 2 heterocycles. The Labute approximate surface area is 129 Å². The normalized spacial score (nSPS) is 21.7. The van der Waals surface area contributed by atoms with Gasteiger partial charge in [-0.1, -0.05) is 0 Å². The molecule has 1 N–H and O–H groups in total. The van der Waals surface area contributed by atoms with Crippen molar-refractivity contribution in [2.24, 2.45) is 5.92 Å². The molecule has 2 fully saturated rings. The second-order valence-electron chi connectivity index (χ2n) is 5.48. The number of amides is 1. The molecule has 0 aromatic heterocycles. The fraction of sp³-hybridized carbons (Fsp3) is 0.923. The number of hydrogen-bond acceptors (Lipinski definition) is 3. The fourth-order valence-corrected chi connectivity index (χ4v) is 2.79. The van der Waals surface area contributed by atoms with Crippen molar-refractivity contribution in [3.63, 3.8) is 0 Å². The first kappa shape index (κ1) is 19.0. The topological polar surface area (TPSA) is 35.6 Å². The van der Waals surface area contributed by atoms with Gasteiger partial charge in [-0.2, -0.15) is 0 Å². The van der Waals surface area contributed by atoms with Crippen LogP contribution in [0.5, 0.6) is 0 Å². The Morgan fingerprint density at radius 1 is 1.05 bits per heavy atom. The van der Waals surface area contributed by atoms with Gasteiger partial charge in [-0.25, -0.2) is 0 Å². The standard InChI is InChI=1S/C13H25N3O.2ClH/c1-11(2)15-7-9-16(10-8-15)13(17)12-3-5-14-6-4-12;;/h11-12,14H,3-10H2,1-2H3;2*1H. The molecule has 2 aliphatic heterocycles. The lowest BCUT2D eigenvalue weighted by Gasteiger charge is -2.38. The number of nitrogens with one attached hydrogen (secondary N) is 1. The van der Waals surface area contributed by atoms with E-state index in [0.717, 1.165) is 52.1 Å². The van der Waals surface area contributed by atoms with E-state index < -0.39 is 0 Å². The number of hydrogen-bond donors (Lipinski definition) is 1. The number of carbonyl (C=O) groups is 1. The van der Waals surface area contributed by atoms with Crippen LogP contribution in [-0.4, -0.2) is 61.0 Å². The molecular formula is C13H27Cl2N3O. The zero-order chi connectivity index (χ0) is 12.3. The molecule has 0 saturated carbocycles. The third kappa shape index (κ3) is 5.10. The molecule has 0 atom stereocenters. The molecule has 0 aromatic carbocycles. The zero-order valence-corrected chi connectivity index (χ0v) is 13.6. The van der Waals surface area contributed by atoms with Gasteiger partial charge < -0.3 is 10.2 Å². The van der Waals surface area contributed by atoms with Crippen molar-refractivity contribution in [3.05, 3.63) is 0 Å². The molecule has 0 aromatic rings. The van der Waals surface area contributed by atoms with Gasteiger partial charge in [0, 0.05) is 38.1 Å². The lowest BCUT2D eigenvalue weighted by molar-refractivity contribution is -0.138. The second kappa shape index (κ2) is 9.01. The van der Waals surface area contributed by atoms with Crippen LogP contribution in [-0.2, 0) is 4.79 Å². The third-order valence-electron chi connectivity index (χ3n) is 4.04. The van der Waals surface area contributed by atoms with Crippen LogP contribution in [0.1, 0.15) is 26.7 Å². The first-order valence-electron chi connectivity index (χ1n) is 6.92. The summed E-state index contributed by atoms with van der Waals surface area (Å²) in [6.07, 6.45) is 2.03.